The molecule has 2 aliphatic rings. The van der Waals surface area contributed by atoms with Crippen LogP contribution in [0.5, 0.6) is 0 Å². The Bertz CT molecular complexity index is 890. The van der Waals surface area contributed by atoms with Crippen molar-refractivity contribution in [3.8, 4) is 0 Å². The smallest absolute Gasteiger partial charge is 0.287 e. The number of benzene rings is 1. The van der Waals surface area contributed by atoms with Crippen LogP contribution in [-0.4, -0.2) is 39.4 Å². The largest absolute Gasteiger partial charge is 0.343 e. The molecule has 6 heteroatoms. The molecule has 1 aromatic heterocycles. The Labute approximate surface area is 172 Å². The Morgan fingerprint density at radius 3 is 2.69 bits per heavy atom. The lowest BCUT2D eigenvalue weighted by atomic mass is 9.99. The predicted molar refractivity (Wildman–Crippen MR) is 112 cm³/mol. The fourth-order valence-corrected chi connectivity index (χ4v) is 4.50. The molecule has 2 aliphatic heterocycles. The summed E-state index contributed by atoms with van der Waals surface area (Å²) >= 11 is 0. The van der Waals surface area contributed by atoms with Crippen molar-refractivity contribution in [2.24, 2.45) is 5.92 Å². The van der Waals surface area contributed by atoms with Crippen LogP contribution in [0.4, 0.5) is 0 Å². The molecule has 29 heavy (non-hydrogen) atoms. The topological polar surface area (TPSA) is 67.2 Å². The maximum atomic E-state index is 13.2. The first-order valence-electron chi connectivity index (χ1n) is 10.8. The number of amides is 2. The molecule has 1 fully saturated rings. The van der Waals surface area contributed by atoms with E-state index in [-0.39, 0.29) is 17.9 Å². The number of piperidine rings is 1. The summed E-state index contributed by atoms with van der Waals surface area (Å²) in [5.41, 5.74) is 2.46. The minimum atomic E-state index is -0.212. The Balaban J connectivity index is 1.59. The van der Waals surface area contributed by atoms with Gasteiger partial charge in [0.05, 0.1) is 11.7 Å². The fourth-order valence-electron chi connectivity index (χ4n) is 4.50. The van der Waals surface area contributed by atoms with Crippen LogP contribution in [0.25, 0.3) is 0 Å². The van der Waals surface area contributed by atoms with Gasteiger partial charge in [-0.2, -0.15) is 0 Å². The standard InChI is InChI=1S/C23H30N4O2/c1-16-9-8-13-26(15-16)23(29)20-19-12-6-7-14-27(19)21(25-20)22(28)24-17(2)18-10-4-3-5-11-18/h3-5,10-11,16-17H,6-9,12-15H2,1-2H3,(H,24,28). The van der Waals surface area contributed by atoms with Crippen LogP contribution < -0.4 is 5.32 Å². The third-order valence-electron chi connectivity index (χ3n) is 6.11. The lowest BCUT2D eigenvalue weighted by molar-refractivity contribution is 0.0676. The highest BCUT2D eigenvalue weighted by Crippen LogP contribution is 2.25. The maximum Gasteiger partial charge on any atom is 0.287 e. The van der Waals surface area contributed by atoms with E-state index >= 15 is 0 Å². The van der Waals surface area contributed by atoms with Gasteiger partial charge in [0.15, 0.2) is 5.82 Å². The second-order valence-corrected chi connectivity index (χ2v) is 8.44. The van der Waals surface area contributed by atoms with Gasteiger partial charge in [0, 0.05) is 19.6 Å². The van der Waals surface area contributed by atoms with Crippen molar-refractivity contribution in [1.29, 1.82) is 0 Å². The number of fused-ring (bicyclic) bond motifs is 1. The van der Waals surface area contributed by atoms with Gasteiger partial charge in [0.2, 0.25) is 0 Å². The zero-order valence-electron chi connectivity index (χ0n) is 17.4. The first-order valence-corrected chi connectivity index (χ1v) is 10.8. The molecule has 3 heterocycles. The summed E-state index contributed by atoms with van der Waals surface area (Å²) in [5, 5.41) is 3.05. The van der Waals surface area contributed by atoms with E-state index in [1.165, 1.54) is 0 Å². The molecular weight excluding hydrogens is 364 g/mol. The van der Waals surface area contributed by atoms with Crippen molar-refractivity contribution in [2.45, 2.75) is 58.5 Å². The van der Waals surface area contributed by atoms with Crippen molar-refractivity contribution >= 4 is 11.8 Å². The number of likely N-dealkylation sites (tertiary alicyclic amines) is 1. The first kappa shape index (κ1) is 19.7. The highest BCUT2D eigenvalue weighted by atomic mass is 16.2. The van der Waals surface area contributed by atoms with Gasteiger partial charge in [-0.05, 0) is 50.5 Å². The zero-order chi connectivity index (χ0) is 20.4. The Kier molecular flexibility index (Phi) is 5.69. The number of nitrogens with one attached hydrogen (secondary N) is 1. The lowest BCUT2D eigenvalue weighted by Crippen LogP contribution is -2.39. The van der Waals surface area contributed by atoms with E-state index < -0.39 is 0 Å². The minimum Gasteiger partial charge on any atom is -0.343 e. The van der Waals surface area contributed by atoms with Gasteiger partial charge in [0.25, 0.3) is 11.8 Å². The number of rotatable bonds is 4. The fraction of sp³-hybridized carbons (Fsp3) is 0.522. The normalized spacial score (nSPS) is 20.1. The summed E-state index contributed by atoms with van der Waals surface area (Å²) in [7, 11) is 0. The summed E-state index contributed by atoms with van der Waals surface area (Å²) in [5.74, 6) is 0.657. The molecule has 4 rings (SSSR count). The van der Waals surface area contributed by atoms with Gasteiger partial charge in [-0.15, -0.1) is 0 Å². The average Bonchev–Trinajstić information content (AvgIpc) is 3.13. The summed E-state index contributed by atoms with van der Waals surface area (Å²) in [6, 6.07) is 9.76. The van der Waals surface area contributed by atoms with Gasteiger partial charge in [0.1, 0.15) is 5.69 Å². The van der Waals surface area contributed by atoms with Crippen LogP contribution >= 0.6 is 0 Å². The minimum absolute atomic E-state index is 0.0163. The summed E-state index contributed by atoms with van der Waals surface area (Å²) in [6.45, 7) is 6.45. The second kappa shape index (κ2) is 8.39. The van der Waals surface area contributed by atoms with Gasteiger partial charge in [-0.3, -0.25) is 9.59 Å². The maximum absolute atomic E-state index is 13.2. The monoisotopic (exact) mass is 394 g/mol. The number of aromatic nitrogens is 2. The third-order valence-corrected chi connectivity index (χ3v) is 6.11. The highest BCUT2D eigenvalue weighted by Gasteiger charge is 2.31. The molecule has 154 valence electrons. The van der Waals surface area contributed by atoms with Gasteiger partial charge in [-0.25, -0.2) is 4.98 Å². The SMILES string of the molecule is CC1CCCN(C(=O)c2nc(C(=O)NC(C)c3ccccc3)n3c2CCCC3)C1. The zero-order valence-corrected chi connectivity index (χ0v) is 17.4. The summed E-state index contributed by atoms with van der Waals surface area (Å²) in [6.07, 6.45) is 5.04. The summed E-state index contributed by atoms with van der Waals surface area (Å²) in [4.78, 5) is 32.8. The second-order valence-electron chi connectivity index (χ2n) is 8.44. The molecule has 2 unspecified atom stereocenters. The molecule has 2 atom stereocenters. The number of carbonyl (C=O) groups is 2. The molecule has 1 N–H and O–H groups in total. The summed E-state index contributed by atoms with van der Waals surface area (Å²) < 4.78 is 1.97. The van der Waals surface area contributed by atoms with Crippen LogP contribution in [0.2, 0.25) is 0 Å². The molecule has 0 saturated carbocycles. The number of nitrogens with zero attached hydrogens (tertiary/aromatic N) is 3. The molecule has 1 aromatic carbocycles. The Morgan fingerprint density at radius 1 is 1.14 bits per heavy atom. The van der Waals surface area contributed by atoms with Crippen molar-refractivity contribution in [1.82, 2.24) is 19.8 Å². The van der Waals surface area contributed by atoms with Gasteiger partial charge >= 0.3 is 0 Å². The van der Waals surface area contributed by atoms with E-state index in [0.717, 1.165) is 63.0 Å². The van der Waals surface area contributed by atoms with Gasteiger partial charge in [-0.1, -0.05) is 37.3 Å². The predicted octanol–water partition coefficient (Wildman–Crippen LogP) is 3.58. The van der Waals surface area contributed by atoms with E-state index in [0.29, 0.717) is 17.4 Å². The molecule has 0 bridgehead atoms. The molecule has 2 amide bonds. The molecule has 2 aromatic rings. The quantitative estimate of drug-likeness (QED) is 0.862. The lowest BCUT2D eigenvalue weighted by Gasteiger charge is -2.30. The van der Waals surface area contributed by atoms with E-state index in [1.54, 1.807) is 0 Å². The van der Waals surface area contributed by atoms with Crippen molar-refractivity contribution in [3.05, 3.63) is 53.1 Å². The Hall–Kier alpha value is -2.63. The molecule has 1 saturated heterocycles. The van der Waals surface area contributed by atoms with Crippen molar-refractivity contribution in [3.63, 3.8) is 0 Å². The van der Waals surface area contributed by atoms with E-state index in [2.05, 4.69) is 17.2 Å². The van der Waals surface area contributed by atoms with Crippen LogP contribution in [-0.2, 0) is 13.0 Å². The molecule has 0 aliphatic carbocycles. The average molecular weight is 395 g/mol. The van der Waals surface area contributed by atoms with Crippen molar-refractivity contribution < 1.29 is 9.59 Å². The highest BCUT2D eigenvalue weighted by molar-refractivity contribution is 5.97. The molecule has 0 radical (unpaired) electrons. The molecule has 0 spiro atoms. The number of hydrogen-bond donors (Lipinski definition) is 1. The first-order chi connectivity index (χ1) is 14.0. The van der Waals surface area contributed by atoms with Crippen LogP contribution in [0.1, 0.15) is 77.9 Å². The van der Waals surface area contributed by atoms with E-state index in [1.807, 2.05) is 46.7 Å². The van der Waals surface area contributed by atoms with Crippen LogP contribution in [0.3, 0.4) is 0 Å². The number of hydrogen-bond acceptors (Lipinski definition) is 3. The van der Waals surface area contributed by atoms with Crippen molar-refractivity contribution in [2.75, 3.05) is 13.1 Å². The molecular formula is C23H30N4O2. The van der Waals surface area contributed by atoms with Gasteiger partial charge < -0.3 is 14.8 Å². The van der Waals surface area contributed by atoms with Crippen LogP contribution in [0, 0.1) is 5.92 Å². The van der Waals surface area contributed by atoms with E-state index in [4.69, 9.17) is 0 Å². The number of imidazole rings is 1. The third kappa shape index (κ3) is 4.07. The molecule has 6 nitrogen and oxygen atoms in total. The Morgan fingerprint density at radius 2 is 1.93 bits per heavy atom. The van der Waals surface area contributed by atoms with E-state index in [9.17, 15) is 9.59 Å². The van der Waals surface area contributed by atoms with Crippen LogP contribution in [0.15, 0.2) is 30.3 Å². The number of carbonyl (C=O) groups excluding carboxylic acids is 2.